The van der Waals surface area contributed by atoms with Gasteiger partial charge in [0, 0.05) is 31.3 Å². The Kier molecular flexibility index (Phi) is 15.9. The van der Waals surface area contributed by atoms with E-state index in [1.165, 1.54) is 13.8 Å². The van der Waals surface area contributed by atoms with Crippen LogP contribution in [0.5, 0.6) is 0 Å². The average Bonchev–Trinajstić information content (AvgIpc) is 3.62. The number of phosphoric acid groups is 3. The maximum Gasteiger partial charge on any atom is 0.481 e. The number of carboxylic acid groups (broad SMARTS) is 1. The second-order valence-electron chi connectivity index (χ2n) is 12.3. The van der Waals surface area contributed by atoms with Gasteiger partial charge in [-0.25, -0.2) is 28.6 Å². The molecule has 29 heteroatoms. The van der Waals surface area contributed by atoms with Crippen LogP contribution in [0, 0.1) is 5.41 Å². The Hall–Kier alpha value is -3.58. The van der Waals surface area contributed by atoms with E-state index in [0.29, 0.717) is 0 Å². The molecule has 0 aromatic carbocycles. The summed E-state index contributed by atoms with van der Waals surface area (Å²) in [6, 6.07) is 0. The lowest BCUT2D eigenvalue weighted by molar-refractivity contribution is -0.137. The number of nitrogens with one attached hydrogen (secondary N) is 2. The zero-order valence-corrected chi connectivity index (χ0v) is 31.6. The largest absolute Gasteiger partial charge is 0.481 e. The first kappa shape index (κ1) is 45.8. The molecule has 3 rings (SSSR count). The number of carboxylic acids is 1. The molecule has 1 aliphatic rings. The molecule has 2 aromatic rings. The number of carbonyl (C=O) groups excluding carboxylic acids is 3. The highest BCUT2D eigenvalue weighted by Gasteiger charge is 2.50. The van der Waals surface area contributed by atoms with Gasteiger partial charge in [0.25, 0.3) is 0 Å². The number of hydrogen-bond acceptors (Lipinski definition) is 18. The summed E-state index contributed by atoms with van der Waals surface area (Å²) in [7, 11) is -16.4. The van der Waals surface area contributed by atoms with E-state index in [1.54, 1.807) is 0 Å². The summed E-state index contributed by atoms with van der Waals surface area (Å²) in [6.07, 6.45) is -5.36. The van der Waals surface area contributed by atoms with Crippen molar-refractivity contribution in [3.8, 4) is 0 Å². The van der Waals surface area contributed by atoms with Gasteiger partial charge in [-0.2, -0.15) is 4.31 Å². The molecular formula is C26H40N7O19P3. The van der Waals surface area contributed by atoms with Gasteiger partial charge in [-0.15, -0.1) is 0 Å². The number of hydrogen-bond donors (Lipinski definition) is 10. The van der Waals surface area contributed by atoms with Crippen molar-refractivity contribution in [3.05, 3.63) is 24.8 Å². The number of ketones is 1. The van der Waals surface area contributed by atoms with E-state index >= 15 is 0 Å². The standard InChI is InChI=1S/C26H40N7O19P3/c1-26(2,21(39)24(40)29-9-7-16(35)28-8-6-14(34)4-3-5-17(36)37)11-49-55(46,47)52-54(44,45)48-10-15-20(51-53(41,42)43)19(38)25(50-15)33-13-32-18-22(27)30-12-31-23(18)33/h3-4,12-13,15,19-21,25,38-39H,5-11H2,1-2H3,(H,28,35)(H,29,40)(H,36,37)(H,44,45)(H,46,47)(H2,27,30,31)(H2,41,42,43). The van der Waals surface area contributed by atoms with Gasteiger partial charge in [0.2, 0.25) is 11.8 Å². The first-order chi connectivity index (χ1) is 25.4. The average molecular weight is 848 g/mol. The van der Waals surface area contributed by atoms with Gasteiger partial charge >= 0.3 is 29.4 Å². The van der Waals surface area contributed by atoms with E-state index in [0.717, 1.165) is 29.4 Å². The van der Waals surface area contributed by atoms with E-state index < -0.39 is 96.3 Å². The third-order valence-electron chi connectivity index (χ3n) is 7.37. The lowest BCUT2D eigenvalue weighted by atomic mass is 9.87. The molecule has 55 heavy (non-hydrogen) atoms. The van der Waals surface area contributed by atoms with Crippen molar-refractivity contribution < 1.29 is 90.4 Å². The maximum absolute atomic E-state index is 12.6. The number of amides is 2. The third-order valence-corrected chi connectivity index (χ3v) is 10.5. The number of aromatic nitrogens is 4. The smallest absolute Gasteiger partial charge is 0.481 e. The second kappa shape index (κ2) is 19.0. The number of aliphatic carboxylic acids is 1. The third kappa shape index (κ3) is 14.1. The van der Waals surface area contributed by atoms with Crippen LogP contribution in [0.4, 0.5) is 5.82 Å². The number of ether oxygens (including phenoxy) is 1. The molecule has 26 nitrogen and oxygen atoms in total. The van der Waals surface area contributed by atoms with Crippen molar-refractivity contribution in [2.24, 2.45) is 5.41 Å². The van der Waals surface area contributed by atoms with Crippen LogP contribution in [0.1, 0.15) is 39.3 Å². The number of nitrogen functional groups attached to an aromatic ring is 1. The van der Waals surface area contributed by atoms with Gasteiger partial charge in [0.05, 0.1) is 26.0 Å². The summed E-state index contributed by atoms with van der Waals surface area (Å²) < 4.78 is 61.9. The minimum Gasteiger partial charge on any atom is -0.481 e. The summed E-state index contributed by atoms with van der Waals surface area (Å²) in [5.74, 6) is -3.19. The SMILES string of the molecule is CC(C)(COP(=O)(O)OP(=O)(O)OCC1OC(n2cnc3c(N)ncnc32)C(O)C1OP(=O)(O)O)C(O)C(=O)NCCC(=O)NCCC(=O)C=CCC(=O)O. The zero-order chi connectivity index (χ0) is 41.4. The number of fused-ring (bicyclic) bond motifs is 1. The van der Waals surface area contributed by atoms with Crippen LogP contribution in [0.25, 0.3) is 11.2 Å². The highest BCUT2D eigenvalue weighted by atomic mass is 31.3. The van der Waals surface area contributed by atoms with Crippen molar-refractivity contribution in [2.45, 2.75) is 63.8 Å². The minimum atomic E-state index is -5.59. The van der Waals surface area contributed by atoms with E-state index in [-0.39, 0.29) is 49.3 Å². The first-order valence-electron chi connectivity index (χ1n) is 15.7. The molecule has 308 valence electrons. The lowest BCUT2D eigenvalue weighted by Crippen LogP contribution is -2.46. The van der Waals surface area contributed by atoms with Gasteiger partial charge in [0.15, 0.2) is 23.5 Å². The van der Waals surface area contributed by atoms with Gasteiger partial charge < -0.3 is 56.0 Å². The predicted octanol–water partition coefficient (Wildman–Crippen LogP) is -1.60. The highest BCUT2D eigenvalue weighted by Crippen LogP contribution is 2.61. The molecule has 1 aliphatic heterocycles. The Labute approximate surface area is 310 Å². The Morgan fingerprint density at radius 3 is 2.35 bits per heavy atom. The van der Waals surface area contributed by atoms with Crippen molar-refractivity contribution in [1.29, 1.82) is 0 Å². The molecule has 1 fully saturated rings. The van der Waals surface area contributed by atoms with Crippen LogP contribution in [0.2, 0.25) is 0 Å². The lowest BCUT2D eigenvalue weighted by Gasteiger charge is -2.30. The summed E-state index contributed by atoms with van der Waals surface area (Å²) >= 11 is 0. The second-order valence-corrected chi connectivity index (χ2v) is 16.5. The molecule has 0 radical (unpaired) electrons. The summed E-state index contributed by atoms with van der Waals surface area (Å²) in [5.41, 5.74) is 4.18. The number of aliphatic hydroxyl groups excluding tert-OH is 2. The molecule has 11 N–H and O–H groups in total. The van der Waals surface area contributed by atoms with Crippen molar-refractivity contribution in [2.75, 3.05) is 32.0 Å². The molecular weight excluding hydrogens is 807 g/mol. The van der Waals surface area contributed by atoms with Gasteiger partial charge in [-0.1, -0.05) is 19.9 Å². The van der Waals surface area contributed by atoms with E-state index in [9.17, 15) is 62.7 Å². The number of nitrogens with two attached hydrogens (primary N) is 1. The maximum atomic E-state index is 12.6. The molecule has 0 aliphatic carbocycles. The van der Waals surface area contributed by atoms with E-state index in [1.807, 2.05) is 0 Å². The fourth-order valence-corrected chi connectivity index (χ4v) is 7.47. The molecule has 2 aromatic heterocycles. The van der Waals surface area contributed by atoms with Crippen LogP contribution in [-0.2, 0) is 55.5 Å². The predicted molar refractivity (Wildman–Crippen MR) is 181 cm³/mol. The van der Waals surface area contributed by atoms with Gasteiger partial charge in [-0.05, 0) is 6.08 Å². The van der Waals surface area contributed by atoms with Crippen LogP contribution >= 0.6 is 23.5 Å². The van der Waals surface area contributed by atoms with Crippen LogP contribution in [-0.4, -0.2) is 129 Å². The summed E-state index contributed by atoms with van der Waals surface area (Å²) in [6.45, 7) is 0.0150. The number of carbonyl (C=O) groups is 4. The van der Waals surface area contributed by atoms with Crippen molar-refractivity contribution >= 4 is 64.0 Å². The van der Waals surface area contributed by atoms with Gasteiger partial charge in [0.1, 0.15) is 36.3 Å². The Balaban J connectivity index is 1.50. The van der Waals surface area contributed by atoms with Gasteiger partial charge in [-0.3, -0.25) is 37.3 Å². The van der Waals surface area contributed by atoms with E-state index in [2.05, 4.69) is 34.4 Å². The number of phosphoric ester groups is 3. The Bertz CT molecular complexity index is 1890. The monoisotopic (exact) mass is 847 g/mol. The quantitative estimate of drug-likeness (QED) is 0.0471. The fraction of sp³-hybridized carbons (Fsp3) is 0.577. The highest BCUT2D eigenvalue weighted by molar-refractivity contribution is 7.61. The number of rotatable bonds is 22. The molecule has 0 spiro atoms. The molecule has 1 saturated heterocycles. The zero-order valence-electron chi connectivity index (χ0n) is 28.9. The molecule has 7 atom stereocenters. The number of imidazole rings is 1. The van der Waals surface area contributed by atoms with Crippen molar-refractivity contribution in [3.63, 3.8) is 0 Å². The Morgan fingerprint density at radius 2 is 1.69 bits per heavy atom. The molecule has 0 saturated carbocycles. The molecule has 3 heterocycles. The topological polar surface area (TPSA) is 401 Å². The molecule has 7 unspecified atom stereocenters. The fourth-order valence-electron chi connectivity index (χ4n) is 4.64. The van der Waals surface area contributed by atoms with Crippen LogP contribution < -0.4 is 16.4 Å². The minimum absolute atomic E-state index is 0.0179. The number of aliphatic hydroxyl groups is 2. The van der Waals surface area contributed by atoms with Crippen molar-refractivity contribution in [1.82, 2.24) is 30.2 Å². The molecule has 0 bridgehead atoms. The molecule has 2 amide bonds. The van der Waals surface area contributed by atoms with E-state index in [4.69, 9.17) is 24.6 Å². The summed E-state index contributed by atoms with van der Waals surface area (Å²) in [4.78, 5) is 97.3. The number of anilines is 1. The summed E-state index contributed by atoms with van der Waals surface area (Å²) in [5, 5.41) is 34.6. The van der Waals surface area contributed by atoms with Crippen LogP contribution in [0.3, 0.4) is 0 Å². The number of nitrogens with zero attached hydrogens (tertiary/aromatic N) is 4. The normalized spacial score (nSPS) is 21.9. The first-order valence-corrected chi connectivity index (χ1v) is 20.2. The number of allylic oxidation sites excluding steroid dienone is 1. The Morgan fingerprint density at radius 1 is 1.04 bits per heavy atom. The van der Waals surface area contributed by atoms with Crippen LogP contribution in [0.15, 0.2) is 24.8 Å².